The number of benzene rings is 6. The summed E-state index contributed by atoms with van der Waals surface area (Å²) in [6.45, 7) is 0. The SMILES string of the molecule is [Br][PtH].c1ccc(P(c2ccccc2)c2ccccc2)cc1.c1ccc(P(c2ccccc2)c2ccccc2)cc1. The number of rotatable bonds is 6. The number of hydrogen-bond donors (Lipinski definition) is 0. The molecule has 0 atom stereocenters. The van der Waals surface area contributed by atoms with Crippen LogP contribution in [0, 0.1) is 0 Å². The molecule has 6 aromatic carbocycles. The Bertz CT molecular complexity index is 1180. The molecule has 0 aliphatic carbocycles. The van der Waals surface area contributed by atoms with Gasteiger partial charge < -0.3 is 0 Å². The molecule has 202 valence electrons. The van der Waals surface area contributed by atoms with Gasteiger partial charge in [-0.3, -0.25) is 0 Å². The maximum absolute atomic E-state index is 2.94. The third kappa shape index (κ3) is 8.67. The van der Waals surface area contributed by atoms with Crippen molar-refractivity contribution in [2.75, 3.05) is 0 Å². The fraction of sp³-hybridized carbons (Fsp3) is 0. The van der Waals surface area contributed by atoms with E-state index >= 15 is 0 Å². The Hall–Kier alpha value is -2.65. The normalized spacial score (nSPS) is 10.2. The van der Waals surface area contributed by atoms with E-state index in [2.05, 4.69) is 195 Å². The third-order valence-corrected chi connectivity index (χ3v) is 11.0. The Morgan fingerprint density at radius 3 is 0.500 bits per heavy atom. The van der Waals surface area contributed by atoms with Crippen LogP contribution in [0.4, 0.5) is 0 Å². The van der Waals surface area contributed by atoms with Crippen molar-refractivity contribution in [2.45, 2.75) is 0 Å². The summed E-state index contributed by atoms with van der Waals surface area (Å²) in [7, 11) is -0.892. The predicted molar refractivity (Wildman–Crippen MR) is 181 cm³/mol. The Labute approximate surface area is 259 Å². The van der Waals surface area contributed by atoms with Gasteiger partial charge in [0.1, 0.15) is 0 Å². The standard InChI is InChI=1S/2C18H15P.BrH.Pt.H/c2*1-4-10-16(11-5-1)19(17-12-6-2-7-13-17)18-14-8-3-9-15-18;;;/h2*1-15H;1H;;/q;;;+1;/p-1. The van der Waals surface area contributed by atoms with Gasteiger partial charge in [0.2, 0.25) is 0 Å². The molecule has 0 bridgehead atoms. The van der Waals surface area contributed by atoms with Gasteiger partial charge in [0, 0.05) is 0 Å². The average Bonchev–Trinajstić information content (AvgIpc) is 3.06. The number of hydrogen-bond acceptors (Lipinski definition) is 0. The largest absolute Gasteiger partial charge is 0.0622 e. The molecule has 0 unspecified atom stereocenters. The third-order valence-electron chi connectivity index (χ3n) is 6.09. The molecular formula is C36H31BrP2Pt. The van der Waals surface area contributed by atoms with Gasteiger partial charge in [0.15, 0.2) is 0 Å². The summed E-state index contributed by atoms with van der Waals surface area (Å²) in [4.78, 5) is 0. The molecule has 6 rings (SSSR count). The minimum Gasteiger partial charge on any atom is -0.0622 e. The van der Waals surface area contributed by atoms with E-state index in [0.29, 0.717) is 0 Å². The summed E-state index contributed by atoms with van der Waals surface area (Å²) >= 11 is 4.75. The van der Waals surface area contributed by atoms with Crippen LogP contribution in [0.5, 0.6) is 0 Å². The molecule has 0 heterocycles. The first-order valence-electron chi connectivity index (χ1n) is 12.9. The second-order valence-corrected chi connectivity index (χ2v) is 13.1. The second-order valence-electron chi connectivity index (χ2n) is 8.68. The minimum absolute atomic E-state index is 0.446. The molecule has 0 saturated carbocycles. The van der Waals surface area contributed by atoms with Gasteiger partial charge in [-0.15, -0.1) is 0 Å². The molecule has 40 heavy (non-hydrogen) atoms. The van der Waals surface area contributed by atoms with E-state index in [-0.39, 0.29) is 0 Å². The Morgan fingerprint density at radius 1 is 0.250 bits per heavy atom. The fourth-order valence-corrected chi connectivity index (χ4v) is 8.97. The van der Waals surface area contributed by atoms with Gasteiger partial charge in [0.05, 0.1) is 0 Å². The van der Waals surface area contributed by atoms with Gasteiger partial charge in [-0.2, -0.15) is 0 Å². The molecule has 0 aromatic heterocycles. The first-order valence-corrected chi connectivity index (χ1v) is 20.8. The van der Waals surface area contributed by atoms with Crippen molar-refractivity contribution in [3.63, 3.8) is 0 Å². The van der Waals surface area contributed by atoms with Crippen LogP contribution in [0.25, 0.3) is 0 Å². The van der Waals surface area contributed by atoms with Gasteiger partial charge in [-0.05, 0) is 47.7 Å². The van der Waals surface area contributed by atoms with Crippen LogP contribution in [0.1, 0.15) is 0 Å². The molecule has 0 spiro atoms. The van der Waals surface area contributed by atoms with Crippen LogP contribution in [0.3, 0.4) is 0 Å². The molecular weight excluding hydrogens is 769 g/mol. The summed E-state index contributed by atoms with van der Waals surface area (Å²) in [5.74, 6) is 0. The van der Waals surface area contributed by atoms with Crippen molar-refractivity contribution < 1.29 is 17.8 Å². The van der Waals surface area contributed by atoms with E-state index < -0.39 is 15.8 Å². The van der Waals surface area contributed by atoms with Crippen LogP contribution < -0.4 is 31.8 Å². The van der Waals surface area contributed by atoms with Crippen LogP contribution in [0.2, 0.25) is 0 Å². The smallest absolute Gasteiger partial charge is 0.0134 e. The molecule has 0 aliphatic heterocycles. The van der Waals surface area contributed by atoms with Crippen LogP contribution in [-0.2, 0) is 17.8 Å². The van der Waals surface area contributed by atoms with Crippen molar-refractivity contribution in [3.8, 4) is 0 Å². The summed E-state index contributed by atoms with van der Waals surface area (Å²) in [5.41, 5.74) is 0. The first kappa shape index (κ1) is 30.3. The molecule has 0 N–H and O–H groups in total. The van der Waals surface area contributed by atoms with E-state index in [1.54, 1.807) is 0 Å². The molecule has 0 aliphatic rings. The fourth-order valence-electron chi connectivity index (χ4n) is 4.36. The quantitative estimate of drug-likeness (QED) is 0.154. The first-order chi connectivity index (χ1) is 19.9. The molecule has 0 amide bonds. The van der Waals surface area contributed by atoms with Crippen molar-refractivity contribution in [2.24, 2.45) is 0 Å². The van der Waals surface area contributed by atoms with Crippen LogP contribution >= 0.6 is 29.1 Å². The maximum atomic E-state index is 2.94. The van der Waals surface area contributed by atoms with Gasteiger partial charge in [0.25, 0.3) is 0 Å². The topological polar surface area (TPSA) is 0 Å². The Balaban J connectivity index is 0.000000174. The second kappa shape index (κ2) is 17.2. The zero-order chi connectivity index (χ0) is 27.8. The summed E-state index contributed by atoms with van der Waals surface area (Å²) in [6.07, 6.45) is 0. The Morgan fingerprint density at radius 2 is 0.375 bits per heavy atom. The zero-order valence-corrected chi connectivity index (χ0v) is 27.7. The van der Waals surface area contributed by atoms with E-state index in [4.69, 9.17) is 0 Å². The molecule has 0 fully saturated rings. The molecule has 4 heteroatoms. The average molecular weight is 801 g/mol. The molecule has 0 saturated heterocycles. The van der Waals surface area contributed by atoms with Crippen molar-refractivity contribution >= 4 is 61.0 Å². The van der Waals surface area contributed by atoms with Crippen molar-refractivity contribution in [3.05, 3.63) is 182 Å². The van der Waals surface area contributed by atoms with Crippen LogP contribution in [0.15, 0.2) is 182 Å². The summed E-state index contributed by atoms with van der Waals surface area (Å²) in [6, 6.07) is 64.7. The summed E-state index contributed by atoms with van der Waals surface area (Å²) < 4.78 is 0. The van der Waals surface area contributed by atoms with Gasteiger partial charge in [-0.25, -0.2) is 0 Å². The van der Waals surface area contributed by atoms with Gasteiger partial charge in [-0.1, -0.05) is 182 Å². The molecule has 0 radical (unpaired) electrons. The van der Waals surface area contributed by atoms with Crippen molar-refractivity contribution in [1.29, 1.82) is 0 Å². The molecule has 6 aromatic rings. The van der Waals surface area contributed by atoms with E-state index in [9.17, 15) is 0 Å². The van der Waals surface area contributed by atoms with Crippen LogP contribution in [-0.4, -0.2) is 0 Å². The molecule has 0 nitrogen and oxygen atoms in total. The van der Waals surface area contributed by atoms with E-state index in [0.717, 1.165) is 0 Å². The maximum Gasteiger partial charge on any atom is -0.0134 e. The van der Waals surface area contributed by atoms with E-state index in [1.165, 1.54) is 31.8 Å². The Kier molecular flexibility index (Phi) is 13.1. The number of halogens is 1. The summed E-state index contributed by atoms with van der Waals surface area (Å²) in [5, 5.41) is 8.39. The van der Waals surface area contributed by atoms with Gasteiger partial charge >= 0.3 is 31.1 Å². The van der Waals surface area contributed by atoms with E-state index in [1.807, 2.05) is 17.8 Å². The minimum atomic E-state index is -0.446. The van der Waals surface area contributed by atoms with Crippen molar-refractivity contribution in [1.82, 2.24) is 0 Å². The zero-order valence-electron chi connectivity index (χ0n) is 21.9. The monoisotopic (exact) mass is 799 g/mol. The predicted octanol–water partition coefficient (Wildman–Crippen LogP) is 7.47.